The molecule has 1 aromatic carbocycles. The van der Waals surface area contributed by atoms with Gasteiger partial charge in [-0.05, 0) is 12.1 Å². The predicted molar refractivity (Wildman–Crippen MR) is 60.0 cm³/mol. The van der Waals surface area contributed by atoms with Crippen LogP contribution in [0.2, 0.25) is 0 Å². The van der Waals surface area contributed by atoms with Crippen LogP contribution in [0.4, 0.5) is 5.69 Å². The van der Waals surface area contributed by atoms with E-state index in [2.05, 4.69) is 10.6 Å². The number of hydrogen-bond acceptors (Lipinski definition) is 5. The van der Waals surface area contributed by atoms with E-state index in [9.17, 15) is 9.59 Å². The first-order chi connectivity index (χ1) is 8.26. The van der Waals surface area contributed by atoms with E-state index in [0.29, 0.717) is 23.3 Å². The van der Waals surface area contributed by atoms with Gasteiger partial charge >= 0.3 is 0 Å². The minimum atomic E-state index is -0.719. The first-order valence-corrected chi connectivity index (χ1v) is 5.15. The topological polar surface area (TPSA) is 87.7 Å². The van der Waals surface area contributed by atoms with Gasteiger partial charge < -0.3 is 20.5 Å². The van der Waals surface area contributed by atoms with Crippen molar-refractivity contribution in [2.45, 2.75) is 6.17 Å². The smallest absolute Gasteiger partial charge is 0.259 e. The van der Waals surface area contributed by atoms with Crippen LogP contribution in [-0.2, 0) is 4.79 Å². The lowest BCUT2D eigenvalue weighted by molar-refractivity contribution is -0.108. The molecule has 0 radical (unpaired) electrons. The number of aldehydes is 1. The number of anilines is 1. The van der Waals surface area contributed by atoms with Crippen molar-refractivity contribution in [2.24, 2.45) is 0 Å². The molecule has 0 bridgehead atoms. The second kappa shape index (κ2) is 4.84. The van der Waals surface area contributed by atoms with Crippen molar-refractivity contribution in [3.63, 3.8) is 0 Å². The summed E-state index contributed by atoms with van der Waals surface area (Å²) in [7, 11) is 0. The van der Waals surface area contributed by atoms with E-state index < -0.39 is 6.17 Å². The number of amides is 1. The maximum absolute atomic E-state index is 11.8. The largest absolute Gasteiger partial charge is 0.490 e. The number of carbonyl (C=O) groups is 2. The van der Waals surface area contributed by atoms with Crippen molar-refractivity contribution in [1.82, 2.24) is 5.32 Å². The summed E-state index contributed by atoms with van der Waals surface area (Å²) < 4.78 is 5.25. The number of nitrogens with one attached hydrogen (secondary N) is 2. The maximum Gasteiger partial charge on any atom is 0.259 e. The summed E-state index contributed by atoms with van der Waals surface area (Å²) >= 11 is 0. The SMILES string of the molecule is O=CC1NC(=O)c2c(cccc2OCCO)N1. The summed E-state index contributed by atoms with van der Waals surface area (Å²) in [6, 6.07) is 5.03. The normalized spacial score (nSPS) is 17.7. The van der Waals surface area contributed by atoms with E-state index in [-0.39, 0.29) is 19.1 Å². The average Bonchev–Trinajstić information content (AvgIpc) is 2.35. The van der Waals surface area contributed by atoms with Gasteiger partial charge in [0.1, 0.15) is 17.9 Å². The lowest BCUT2D eigenvalue weighted by Crippen LogP contribution is -2.46. The van der Waals surface area contributed by atoms with Gasteiger partial charge in [-0.15, -0.1) is 0 Å². The van der Waals surface area contributed by atoms with Crippen LogP contribution in [0.15, 0.2) is 18.2 Å². The lowest BCUT2D eigenvalue weighted by Gasteiger charge is -2.25. The number of fused-ring (bicyclic) bond motifs is 1. The minimum absolute atomic E-state index is 0.112. The van der Waals surface area contributed by atoms with E-state index >= 15 is 0 Å². The van der Waals surface area contributed by atoms with Crippen LogP contribution < -0.4 is 15.4 Å². The summed E-state index contributed by atoms with van der Waals surface area (Å²) in [6.45, 7) is -0.0173. The number of carbonyl (C=O) groups excluding carboxylic acids is 2. The molecule has 0 fully saturated rings. The molecular formula is C11H12N2O4. The van der Waals surface area contributed by atoms with Gasteiger partial charge in [0.25, 0.3) is 5.91 Å². The molecule has 0 saturated carbocycles. The van der Waals surface area contributed by atoms with Crippen molar-refractivity contribution < 1.29 is 19.4 Å². The Bertz CT molecular complexity index is 447. The van der Waals surface area contributed by atoms with Crippen LogP contribution in [0.1, 0.15) is 10.4 Å². The van der Waals surface area contributed by atoms with Gasteiger partial charge in [-0.2, -0.15) is 0 Å². The molecule has 1 unspecified atom stereocenters. The Morgan fingerprint density at radius 3 is 2.94 bits per heavy atom. The van der Waals surface area contributed by atoms with Gasteiger partial charge in [0.15, 0.2) is 12.5 Å². The van der Waals surface area contributed by atoms with E-state index in [1.165, 1.54) is 0 Å². The monoisotopic (exact) mass is 236 g/mol. The zero-order chi connectivity index (χ0) is 12.3. The number of ether oxygens (including phenoxy) is 1. The highest BCUT2D eigenvalue weighted by molar-refractivity contribution is 6.05. The first kappa shape index (κ1) is 11.4. The predicted octanol–water partition coefficient (Wildman–Crippen LogP) is -0.262. The zero-order valence-electron chi connectivity index (χ0n) is 8.97. The quantitative estimate of drug-likeness (QED) is 0.627. The summed E-state index contributed by atoms with van der Waals surface area (Å²) in [5.74, 6) is 0.00953. The molecule has 1 atom stereocenters. The molecule has 1 heterocycles. The van der Waals surface area contributed by atoms with Crippen LogP contribution in [0.25, 0.3) is 0 Å². The molecule has 6 heteroatoms. The van der Waals surface area contributed by atoms with Gasteiger partial charge in [-0.25, -0.2) is 0 Å². The Morgan fingerprint density at radius 2 is 2.24 bits per heavy atom. The molecule has 1 aliphatic heterocycles. The molecule has 0 aromatic heterocycles. The Kier molecular flexibility index (Phi) is 3.24. The van der Waals surface area contributed by atoms with Crippen molar-refractivity contribution in [2.75, 3.05) is 18.5 Å². The van der Waals surface area contributed by atoms with Crippen molar-refractivity contribution in [3.05, 3.63) is 23.8 Å². The van der Waals surface area contributed by atoms with E-state index in [1.807, 2.05) is 0 Å². The van der Waals surface area contributed by atoms with Gasteiger partial charge in [-0.1, -0.05) is 6.07 Å². The van der Waals surface area contributed by atoms with Gasteiger partial charge in [-0.3, -0.25) is 9.59 Å². The molecule has 0 spiro atoms. The average molecular weight is 236 g/mol. The molecule has 17 heavy (non-hydrogen) atoms. The zero-order valence-corrected chi connectivity index (χ0v) is 8.97. The highest BCUT2D eigenvalue weighted by Gasteiger charge is 2.26. The highest BCUT2D eigenvalue weighted by Crippen LogP contribution is 2.29. The molecule has 1 aliphatic rings. The second-order valence-electron chi connectivity index (χ2n) is 3.48. The van der Waals surface area contributed by atoms with Crippen molar-refractivity contribution in [1.29, 1.82) is 0 Å². The third-order valence-electron chi connectivity index (χ3n) is 2.34. The van der Waals surface area contributed by atoms with Crippen molar-refractivity contribution in [3.8, 4) is 5.75 Å². The standard InChI is InChI=1S/C11H12N2O4/c14-4-5-17-8-3-1-2-7-10(8)11(16)13-9(6-15)12-7/h1-3,6,9,12,14H,4-5H2,(H,13,16). The molecule has 0 saturated heterocycles. The number of aliphatic hydroxyl groups excluding tert-OH is 1. The molecular weight excluding hydrogens is 224 g/mol. The van der Waals surface area contributed by atoms with Crippen LogP contribution in [-0.4, -0.2) is 36.7 Å². The lowest BCUT2D eigenvalue weighted by atomic mass is 10.1. The van der Waals surface area contributed by atoms with Crippen LogP contribution in [0, 0.1) is 0 Å². The summed E-state index contributed by atoms with van der Waals surface area (Å²) in [5, 5.41) is 14.0. The van der Waals surface area contributed by atoms with Crippen LogP contribution >= 0.6 is 0 Å². The van der Waals surface area contributed by atoms with E-state index in [1.54, 1.807) is 18.2 Å². The summed E-state index contributed by atoms with van der Waals surface area (Å²) in [6.07, 6.45) is -0.106. The summed E-state index contributed by atoms with van der Waals surface area (Å²) in [4.78, 5) is 22.4. The molecule has 90 valence electrons. The Hall–Kier alpha value is -2.08. The molecule has 0 aliphatic carbocycles. The fourth-order valence-corrected chi connectivity index (χ4v) is 1.65. The van der Waals surface area contributed by atoms with E-state index in [0.717, 1.165) is 0 Å². The van der Waals surface area contributed by atoms with Gasteiger partial charge in [0.2, 0.25) is 0 Å². The number of aliphatic hydroxyl groups is 1. The van der Waals surface area contributed by atoms with Crippen LogP contribution in [0.5, 0.6) is 5.75 Å². The number of rotatable bonds is 4. The van der Waals surface area contributed by atoms with Crippen molar-refractivity contribution >= 4 is 17.9 Å². The third-order valence-corrected chi connectivity index (χ3v) is 2.34. The Morgan fingerprint density at radius 1 is 1.41 bits per heavy atom. The highest BCUT2D eigenvalue weighted by atomic mass is 16.5. The number of benzene rings is 1. The summed E-state index contributed by atoms with van der Waals surface area (Å²) in [5.41, 5.74) is 0.889. The molecule has 6 nitrogen and oxygen atoms in total. The molecule has 2 rings (SSSR count). The first-order valence-electron chi connectivity index (χ1n) is 5.15. The van der Waals surface area contributed by atoms with Gasteiger partial charge in [0.05, 0.1) is 12.3 Å². The van der Waals surface area contributed by atoms with Gasteiger partial charge in [0, 0.05) is 0 Å². The van der Waals surface area contributed by atoms with Crippen LogP contribution in [0.3, 0.4) is 0 Å². The molecule has 1 amide bonds. The Balaban J connectivity index is 2.33. The fourth-order valence-electron chi connectivity index (χ4n) is 1.65. The Labute approximate surface area is 97.6 Å². The third kappa shape index (κ3) is 2.21. The second-order valence-corrected chi connectivity index (χ2v) is 3.48. The maximum atomic E-state index is 11.8. The fraction of sp³-hybridized carbons (Fsp3) is 0.273. The molecule has 3 N–H and O–H groups in total. The minimum Gasteiger partial charge on any atom is -0.490 e. The molecule has 1 aromatic rings. The number of hydrogen-bond donors (Lipinski definition) is 3. The van der Waals surface area contributed by atoms with E-state index in [4.69, 9.17) is 9.84 Å².